The summed E-state index contributed by atoms with van der Waals surface area (Å²) < 4.78 is 0. The average molecular weight is 209 g/mol. The first-order valence-corrected chi connectivity index (χ1v) is 4.71. The van der Waals surface area contributed by atoms with Crippen molar-refractivity contribution >= 4 is 5.97 Å². The second-order valence-electron chi connectivity index (χ2n) is 3.35. The van der Waals surface area contributed by atoms with Crippen molar-refractivity contribution in [1.82, 2.24) is 10.3 Å². The van der Waals surface area contributed by atoms with Gasteiger partial charge in [0.05, 0.1) is 5.69 Å². The normalized spacial score (nSPS) is 12.4. The minimum Gasteiger partial charge on any atom is -0.480 e. The van der Waals surface area contributed by atoms with E-state index in [2.05, 4.69) is 10.3 Å². The van der Waals surface area contributed by atoms with Crippen LogP contribution in [0.2, 0.25) is 0 Å². The molecule has 0 aromatic carbocycles. The fraction of sp³-hybridized carbons (Fsp3) is 0.400. The zero-order valence-electron chi connectivity index (χ0n) is 8.60. The Morgan fingerprint density at radius 2 is 2.40 bits per heavy atom. The van der Waals surface area contributed by atoms with Gasteiger partial charge in [-0.3, -0.25) is 9.78 Å². The Bertz CT molecular complexity index is 341. The van der Waals surface area contributed by atoms with E-state index in [9.17, 15) is 4.79 Å². The molecule has 15 heavy (non-hydrogen) atoms. The van der Waals surface area contributed by atoms with Crippen LogP contribution in [-0.4, -0.2) is 28.6 Å². The molecule has 0 aliphatic heterocycles. The second-order valence-corrected chi connectivity index (χ2v) is 3.35. The van der Waals surface area contributed by atoms with Gasteiger partial charge in [-0.05, 0) is 19.1 Å². The minimum absolute atomic E-state index is 0.241. The van der Waals surface area contributed by atoms with E-state index >= 15 is 0 Å². The number of carboxylic acid groups (broad SMARTS) is 1. The third kappa shape index (κ3) is 4.05. The highest BCUT2D eigenvalue weighted by Crippen LogP contribution is 1.97. The minimum atomic E-state index is -1.00. The molecule has 5 heteroatoms. The maximum Gasteiger partial charge on any atom is 0.321 e. The molecule has 82 valence electrons. The molecule has 1 aromatic rings. The molecule has 0 spiro atoms. The van der Waals surface area contributed by atoms with E-state index in [0.717, 1.165) is 11.4 Å². The van der Waals surface area contributed by atoms with Crippen LogP contribution >= 0.6 is 0 Å². The number of carboxylic acids is 1. The molecule has 4 N–H and O–H groups in total. The topological polar surface area (TPSA) is 88.2 Å². The lowest BCUT2D eigenvalue weighted by molar-refractivity contribution is -0.138. The van der Waals surface area contributed by atoms with Gasteiger partial charge in [0.15, 0.2) is 0 Å². The van der Waals surface area contributed by atoms with Crippen molar-refractivity contribution in [3.63, 3.8) is 0 Å². The van der Waals surface area contributed by atoms with Crippen molar-refractivity contribution in [2.24, 2.45) is 5.73 Å². The number of carbonyl (C=O) groups is 1. The number of hydrogen-bond donors (Lipinski definition) is 3. The van der Waals surface area contributed by atoms with Crippen LogP contribution in [0, 0.1) is 6.92 Å². The molecule has 1 aromatic heterocycles. The summed E-state index contributed by atoms with van der Waals surface area (Å²) >= 11 is 0. The molecule has 1 unspecified atom stereocenters. The third-order valence-corrected chi connectivity index (χ3v) is 1.93. The molecular weight excluding hydrogens is 194 g/mol. The fourth-order valence-corrected chi connectivity index (χ4v) is 1.14. The van der Waals surface area contributed by atoms with Crippen LogP contribution < -0.4 is 11.1 Å². The molecule has 1 heterocycles. The second kappa shape index (κ2) is 5.43. The predicted molar refractivity (Wildman–Crippen MR) is 56.3 cm³/mol. The number of pyridine rings is 1. The molecule has 0 amide bonds. The molecule has 0 saturated heterocycles. The maximum absolute atomic E-state index is 10.4. The Morgan fingerprint density at radius 3 is 3.00 bits per heavy atom. The first kappa shape index (κ1) is 11.6. The number of nitrogens with two attached hydrogens (primary N) is 1. The predicted octanol–water partition coefficient (Wildman–Crippen LogP) is -0.108. The van der Waals surface area contributed by atoms with E-state index in [4.69, 9.17) is 10.8 Å². The monoisotopic (exact) mass is 209 g/mol. The molecule has 5 nitrogen and oxygen atoms in total. The van der Waals surface area contributed by atoms with Crippen LogP contribution in [0.4, 0.5) is 0 Å². The molecular formula is C10H15N3O2. The number of nitrogens with one attached hydrogen (secondary N) is 1. The Morgan fingerprint density at radius 1 is 1.67 bits per heavy atom. The number of aryl methyl sites for hydroxylation is 1. The summed E-state index contributed by atoms with van der Waals surface area (Å²) in [6, 6.07) is 4.84. The van der Waals surface area contributed by atoms with E-state index in [1.54, 1.807) is 0 Å². The van der Waals surface area contributed by atoms with E-state index < -0.39 is 12.0 Å². The number of rotatable bonds is 5. The summed E-state index contributed by atoms with van der Waals surface area (Å²) in [6.07, 6.45) is 0. The van der Waals surface area contributed by atoms with Gasteiger partial charge in [-0.1, -0.05) is 6.07 Å². The lowest BCUT2D eigenvalue weighted by atomic mass is 10.3. The van der Waals surface area contributed by atoms with Crippen molar-refractivity contribution in [2.45, 2.75) is 19.5 Å². The first-order chi connectivity index (χ1) is 7.09. The molecule has 0 aliphatic rings. The first-order valence-electron chi connectivity index (χ1n) is 4.71. The molecule has 0 bridgehead atoms. The molecule has 0 fully saturated rings. The van der Waals surface area contributed by atoms with Gasteiger partial charge in [0, 0.05) is 18.8 Å². The summed E-state index contributed by atoms with van der Waals surface area (Å²) in [5.41, 5.74) is 7.15. The van der Waals surface area contributed by atoms with Crippen molar-refractivity contribution in [3.05, 3.63) is 29.6 Å². The third-order valence-electron chi connectivity index (χ3n) is 1.93. The van der Waals surface area contributed by atoms with Gasteiger partial charge < -0.3 is 16.2 Å². The van der Waals surface area contributed by atoms with Crippen LogP contribution in [0.1, 0.15) is 11.4 Å². The van der Waals surface area contributed by atoms with Crippen molar-refractivity contribution in [2.75, 3.05) is 6.54 Å². The van der Waals surface area contributed by atoms with Gasteiger partial charge in [0.25, 0.3) is 0 Å². The molecule has 1 atom stereocenters. The Balaban J connectivity index is 2.35. The van der Waals surface area contributed by atoms with Gasteiger partial charge in [0.2, 0.25) is 0 Å². The Labute approximate surface area is 88.3 Å². The van der Waals surface area contributed by atoms with Crippen LogP contribution in [0.3, 0.4) is 0 Å². The summed E-state index contributed by atoms with van der Waals surface area (Å²) in [5.74, 6) is -1.00. The van der Waals surface area contributed by atoms with E-state index in [1.807, 2.05) is 25.1 Å². The van der Waals surface area contributed by atoms with Gasteiger partial charge >= 0.3 is 5.97 Å². The smallest absolute Gasteiger partial charge is 0.321 e. The fourth-order valence-electron chi connectivity index (χ4n) is 1.14. The van der Waals surface area contributed by atoms with Crippen LogP contribution in [0.15, 0.2) is 18.2 Å². The van der Waals surface area contributed by atoms with E-state index in [1.165, 1.54) is 0 Å². The van der Waals surface area contributed by atoms with E-state index in [-0.39, 0.29) is 6.54 Å². The van der Waals surface area contributed by atoms with E-state index in [0.29, 0.717) is 6.54 Å². The van der Waals surface area contributed by atoms with Crippen molar-refractivity contribution in [1.29, 1.82) is 0 Å². The van der Waals surface area contributed by atoms with Crippen LogP contribution in [0.25, 0.3) is 0 Å². The van der Waals surface area contributed by atoms with Crippen molar-refractivity contribution < 1.29 is 9.90 Å². The Kier molecular flexibility index (Phi) is 4.20. The molecule has 1 rings (SSSR count). The standard InChI is InChI=1S/C10H15N3O2/c1-7-3-2-4-8(13-7)5-12-6-9(11)10(14)15/h2-4,9,12H,5-6,11H2,1H3,(H,14,15). The summed E-state index contributed by atoms with van der Waals surface area (Å²) in [7, 11) is 0. The van der Waals surface area contributed by atoms with Gasteiger partial charge in [-0.2, -0.15) is 0 Å². The highest BCUT2D eigenvalue weighted by Gasteiger charge is 2.09. The average Bonchev–Trinajstić information content (AvgIpc) is 2.17. The molecule has 0 saturated carbocycles. The SMILES string of the molecule is Cc1cccc(CNCC(N)C(=O)O)n1. The van der Waals surface area contributed by atoms with Gasteiger partial charge in [0.1, 0.15) is 6.04 Å². The Hall–Kier alpha value is -1.46. The van der Waals surface area contributed by atoms with Gasteiger partial charge in [-0.25, -0.2) is 0 Å². The van der Waals surface area contributed by atoms with Gasteiger partial charge in [-0.15, -0.1) is 0 Å². The summed E-state index contributed by atoms with van der Waals surface area (Å²) in [5, 5.41) is 11.5. The maximum atomic E-state index is 10.4. The molecule has 0 radical (unpaired) electrons. The lowest BCUT2D eigenvalue weighted by Crippen LogP contribution is -2.40. The number of hydrogen-bond acceptors (Lipinski definition) is 4. The highest BCUT2D eigenvalue weighted by atomic mass is 16.4. The highest BCUT2D eigenvalue weighted by molar-refractivity contribution is 5.73. The van der Waals surface area contributed by atoms with Crippen LogP contribution in [0.5, 0.6) is 0 Å². The number of aliphatic carboxylic acids is 1. The number of aromatic nitrogens is 1. The zero-order chi connectivity index (χ0) is 11.3. The number of nitrogens with zero attached hydrogens (tertiary/aromatic N) is 1. The lowest BCUT2D eigenvalue weighted by Gasteiger charge is -2.07. The largest absolute Gasteiger partial charge is 0.480 e. The summed E-state index contributed by atoms with van der Waals surface area (Å²) in [4.78, 5) is 14.7. The van der Waals surface area contributed by atoms with Crippen molar-refractivity contribution in [3.8, 4) is 0 Å². The quantitative estimate of drug-likeness (QED) is 0.629. The molecule has 0 aliphatic carbocycles. The summed E-state index contributed by atoms with van der Waals surface area (Å²) in [6.45, 7) is 2.68. The zero-order valence-corrected chi connectivity index (χ0v) is 8.60. The van der Waals surface area contributed by atoms with Crippen LogP contribution in [-0.2, 0) is 11.3 Å².